The van der Waals surface area contributed by atoms with E-state index in [1.807, 2.05) is 27.7 Å². The van der Waals surface area contributed by atoms with E-state index in [4.69, 9.17) is 0 Å². The van der Waals surface area contributed by atoms with Crippen LogP contribution in [0.2, 0.25) is 0 Å². The molecule has 0 amide bonds. The normalized spacial score (nSPS) is 5.18. The van der Waals surface area contributed by atoms with E-state index in [1.54, 1.807) is 0 Å². The molecule has 0 rings (SSSR count). The van der Waals surface area contributed by atoms with Gasteiger partial charge in [0.2, 0.25) is 0 Å². The minimum absolute atomic E-state index is 1.25. The van der Waals surface area contributed by atoms with Crippen LogP contribution >= 0.6 is 0 Å². The summed E-state index contributed by atoms with van der Waals surface area (Å²) in [6.07, 6.45) is 1.25. The van der Waals surface area contributed by atoms with Crippen LogP contribution in [0.1, 0.15) is 68.7 Å². The van der Waals surface area contributed by atoms with E-state index in [0.29, 0.717) is 0 Å². The zero-order chi connectivity index (χ0) is 10.3. The van der Waals surface area contributed by atoms with E-state index in [0.717, 1.165) is 0 Å². The highest BCUT2D eigenvalue weighted by molar-refractivity contribution is 4.64. The summed E-state index contributed by atoms with van der Waals surface area (Å²) in [5.41, 5.74) is 0. The van der Waals surface area contributed by atoms with Crippen molar-refractivity contribution < 1.29 is 0 Å². The Bertz CT molecular complexity index is 11.2. The van der Waals surface area contributed by atoms with Crippen molar-refractivity contribution in [3.05, 3.63) is 5.92 Å². The van der Waals surface area contributed by atoms with Gasteiger partial charge in [-0.1, -0.05) is 48.0 Å². The lowest BCUT2D eigenvalue weighted by atomic mass is 10.3. The van der Waals surface area contributed by atoms with Crippen LogP contribution < -0.4 is 0 Å². The predicted molar refractivity (Wildman–Crippen MR) is 58.9 cm³/mol. The van der Waals surface area contributed by atoms with Gasteiger partial charge in [0.15, 0.2) is 0 Å². The molecule has 0 heteroatoms. The smallest absolute Gasteiger partial charge is 0.0683 e. The van der Waals surface area contributed by atoms with E-state index in [9.17, 15) is 0 Å². The van der Waals surface area contributed by atoms with Gasteiger partial charge in [-0.2, -0.15) is 0 Å². The topological polar surface area (TPSA) is 0 Å². The van der Waals surface area contributed by atoms with Crippen molar-refractivity contribution in [2.24, 2.45) is 0 Å². The Hall–Kier alpha value is -0.130. The van der Waals surface area contributed by atoms with Gasteiger partial charge in [-0.15, -0.1) is 0 Å². The zero-order valence-corrected chi connectivity index (χ0v) is 10.2. The Morgan fingerprint density at radius 3 is 0.727 bits per heavy atom. The quantitative estimate of drug-likeness (QED) is 0.434. The largest absolute Gasteiger partial charge is 0.0813 e. The molecule has 0 aliphatic heterocycles. The minimum Gasteiger partial charge on any atom is -0.0683 e. The average Bonchev–Trinajstić information content (AvgIpc) is 1.96. The van der Waals surface area contributed by atoms with E-state index < -0.39 is 0 Å². The standard InChI is InChI=1S/C4H9.C3H8.2C2H6/c1-4(2)3;1-3-2;2*1-2/h1-3H3;3H2,1-2H3;2*1-2H3/q+1;;;. The van der Waals surface area contributed by atoms with Crippen LogP contribution in [0.15, 0.2) is 0 Å². The van der Waals surface area contributed by atoms with Gasteiger partial charge in [-0.05, 0) is 0 Å². The predicted octanol–water partition coefficient (Wildman–Crippen LogP) is 5.09. The van der Waals surface area contributed by atoms with Gasteiger partial charge in [0.25, 0.3) is 0 Å². The fourth-order valence-electron chi connectivity index (χ4n) is 0. The zero-order valence-electron chi connectivity index (χ0n) is 10.2. The summed E-state index contributed by atoms with van der Waals surface area (Å²) in [5, 5.41) is 0. The summed E-state index contributed by atoms with van der Waals surface area (Å²) in [4.78, 5) is 0. The lowest BCUT2D eigenvalue weighted by molar-refractivity contribution is 1.09. The van der Waals surface area contributed by atoms with Crippen LogP contribution in [0.4, 0.5) is 0 Å². The SMILES string of the molecule is CC.CC.CCC.C[C+](C)C. The molecule has 0 nitrogen and oxygen atoms in total. The van der Waals surface area contributed by atoms with Gasteiger partial charge in [-0.3, -0.25) is 0 Å². The molecule has 0 bridgehead atoms. The fraction of sp³-hybridized carbons (Fsp3) is 0.909. The van der Waals surface area contributed by atoms with Crippen LogP contribution in [-0.2, 0) is 0 Å². The van der Waals surface area contributed by atoms with Crippen molar-refractivity contribution in [3.63, 3.8) is 0 Å². The molecule has 0 fully saturated rings. The maximum atomic E-state index is 2.12. The summed E-state index contributed by atoms with van der Waals surface area (Å²) in [6, 6.07) is 0. The summed E-state index contributed by atoms with van der Waals surface area (Å²) >= 11 is 0. The highest BCUT2D eigenvalue weighted by Gasteiger charge is 1.81. The second kappa shape index (κ2) is 51.8. The first kappa shape index (κ1) is 22.4. The minimum atomic E-state index is 1.25. The highest BCUT2D eigenvalue weighted by atomic mass is 13.7. The maximum Gasteiger partial charge on any atom is 0.0813 e. The van der Waals surface area contributed by atoms with E-state index in [1.165, 1.54) is 12.3 Å². The Morgan fingerprint density at radius 1 is 0.727 bits per heavy atom. The van der Waals surface area contributed by atoms with Crippen LogP contribution in [0, 0.1) is 5.92 Å². The van der Waals surface area contributed by atoms with E-state index in [2.05, 4.69) is 34.6 Å². The van der Waals surface area contributed by atoms with Gasteiger partial charge in [0.05, 0.1) is 26.7 Å². The summed E-state index contributed by atoms with van der Waals surface area (Å²) in [5.74, 6) is 1.42. The van der Waals surface area contributed by atoms with Gasteiger partial charge in [-0.25, -0.2) is 0 Å². The lowest BCUT2D eigenvalue weighted by Gasteiger charge is -1.65. The summed E-state index contributed by atoms with van der Waals surface area (Å²) in [7, 11) is 0. The van der Waals surface area contributed by atoms with Crippen molar-refractivity contribution >= 4 is 0 Å². The summed E-state index contributed by atoms with van der Waals surface area (Å²) in [6.45, 7) is 18.5. The first-order valence-corrected chi connectivity index (χ1v) is 4.91. The van der Waals surface area contributed by atoms with Crippen molar-refractivity contribution in [3.8, 4) is 0 Å². The molecule has 0 radical (unpaired) electrons. The highest BCUT2D eigenvalue weighted by Crippen LogP contribution is 1.85. The van der Waals surface area contributed by atoms with Crippen molar-refractivity contribution in [1.29, 1.82) is 0 Å². The molecule has 0 saturated heterocycles. The number of hydrogen-bond donors (Lipinski definition) is 0. The van der Waals surface area contributed by atoms with Gasteiger partial charge in [0.1, 0.15) is 0 Å². The van der Waals surface area contributed by atoms with Gasteiger partial charge < -0.3 is 0 Å². The third-order valence-corrected chi connectivity index (χ3v) is 0. The second-order valence-electron chi connectivity index (χ2n) is 2.21. The third-order valence-electron chi connectivity index (χ3n) is 0. The van der Waals surface area contributed by atoms with E-state index >= 15 is 0 Å². The lowest BCUT2D eigenvalue weighted by Crippen LogP contribution is -1.62. The molecule has 0 aliphatic rings. The second-order valence-corrected chi connectivity index (χ2v) is 2.21. The molecule has 0 aromatic carbocycles. The molecule has 0 aromatic heterocycles. The molecule has 0 saturated carbocycles. The number of hydrogen-bond acceptors (Lipinski definition) is 0. The Labute approximate surface area is 75.4 Å². The third kappa shape index (κ3) is 36200. The van der Waals surface area contributed by atoms with Crippen molar-refractivity contribution in [2.75, 3.05) is 0 Å². The van der Waals surface area contributed by atoms with Crippen molar-refractivity contribution in [1.82, 2.24) is 0 Å². The van der Waals surface area contributed by atoms with Gasteiger partial charge >= 0.3 is 0 Å². The molecular formula is C11H29+. The molecule has 72 valence electrons. The Morgan fingerprint density at radius 2 is 0.727 bits per heavy atom. The molecule has 0 aromatic rings. The van der Waals surface area contributed by atoms with Crippen LogP contribution in [0.3, 0.4) is 0 Å². The first-order valence-electron chi connectivity index (χ1n) is 4.91. The van der Waals surface area contributed by atoms with Crippen LogP contribution in [-0.4, -0.2) is 0 Å². The molecule has 0 atom stereocenters. The molecule has 0 aliphatic carbocycles. The molecule has 11 heavy (non-hydrogen) atoms. The molecule has 0 N–H and O–H groups in total. The fourth-order valence-corrected chi connectivity index (χ4v) is 0. The van der Waals surface area contributed by atoms with Crippen molar-refractivity contribution in [2.45, 2.75) is 68.7 Å². The number of rotatable bonds is 0. The molecule has 0 unspecified atom stereocenters. The molecular weight excluding hydrogens is 132 g/mol. The van der Waals surface area contributed by atoms with Crippen LogP contribution in [0.25, 0.3) is 0 Å². The molecule has 0 heterocycles. The molecule has 0 spiro atoms. The Kier molecular flexibility index (Phi) is 106. The maximum absolute atomic E-state index is 2.12. The first-order chi connectivity index (χ1) is 5.15. The summed E-state index contributed by atoms with van der Waals surface area (Å²) < 4.78 is 0. The van der Waals surface area contributed by atoms with Gasteiger partial charge in [0, 0.05) is 0 Å². The van der Waals surface area contributed by atoms with Crippen LogP contribution in [0.5, 0.6) is 0 Å². The Balaban J connectivity index is -0.0000000315. The average molecular weight is 161 g/mol. The van der Waals surface area contributed by atoms with E-state index in [-0.39, 0.29) is 0 Å². The monoisotopic (exact) mass is 161 g/mol.